The smallest absolute Gasteiger partial charge is 0.407 e. The third-order valence-corrected chi connectivity index (χ3v) is 13.8. The van der Waals surface area contributed by atoms with Gasteiger partial charge in [-0.15, -0.1) is 0 Å². The Morgan fingerprint density at radius 2 is 1.37 bits per heavy atom. The molecule has 0 bridgehead atoms. The third kappa shape index (κ3) is 7.69. The molecule has 5 aromatic rings. The Morgan fingerprint density at radius 3 is 1.92 bits per heavy atom. The summed E-state index contributed by atoms with van der Waals surface area (Å²) >= 11 is 0. The molecule has 4 N–H and O–H groups in total. The summed E-state index contributed by atoms with van der Waals surface area (Å²) in [7, 11) is 3.46. The van der Waals surface area contributed by atoms with Gasteiger partial charge in [-0.05, 0) is 104 Å². The summed E-state index contributed by atoms with van der Waals surface area (Å²) in [5.41, 5.74) is 10.2. The minimum absolute atomic E-state index is 0.112. The number of amides is 4. The van der Waals surface area contributed by atoms with Crippen molar-refractivity contribution in [3.8, 4) is 33.8 Å². The predicted octanol–water partition coefficient (Wildman–Crippen LogP) is 6.72. The van der Waals surface area contributed by atoms with E-state index < -0.39 is 24.1 Å². The van der Waals surface area contributed by atoms with E-state index in [4.69, 9.17) is 14.7 Å². The van der Waals surface area contributed by atoms with E-state index in [-0.39, 0.29) is 42.0 Å². The molecule has 3 aromatic heterocycles. The van der Waals surface area contributed by atoms with E-state index in [0.717, 1.165) is 60.4 Å². The Bertz CT molecular complexity index is 2600. The number of carbonyl (C=O) groups is 5. The Kier molecular flexibility index (Phi) is 11.2. The zero-order valence-electron chi connectivity index (χ0n) is 36.9. The summed E-state index contributed by atoms with van der Waals surface area (Å²) in [6.07, 6.45) is 9.85. The van der Waals surface area contributed by atoms with Crippen molar-refractivity contribution in [2.75, 3.05) is 20.2 Å². The first-order chi connectivity index (χ1) is 30.4. The van der Waals surface area contributed by atoms with Crippen LogP contribution in [0.2, 0.25) is 0 Å². The fraction of sp³-hybridized carbons (Fsp3) is 0.479. The van der Waals surface area contributed by atoms with Crippen molar-refractivity contribution in [1.82, 2.24) is 44.9 Å². The molecule has 5 atom stereocenters. The lowest BCUT2D eigenvalue weighted by Gasteiger charge is -2.30. The average molecular weight is 856 g/mol. The number of aromatic amines is 2. The van der Waals surface area contributed by atoms with Crippen LogP contribution in [0, 0.1) is 17.8 Å². The van der Waals surface area contributed by atoms with E-state index in [1.54, 1.807) is 4.90 Å². The SMILES string of the molecule is COC(=O)NC(C(=O)N1CCC[C@H]1c1ncc(-c2ccc3c(c2)c2c(n3C)-c3ccc(-c4cnc(C5CCCN5C(=O)[C@@H](NC(=O)C=O)C(C)C)[nH]4)cc3CC2C2CC2)[nH]1)C(C)C. The number of rotatable bonds is 12. The number of likely N-dealkylation sites (tertiary alicyclic amines) is 2. The van der Waals surface area contributed by atoms with Crippen LogP contribution in [0.25, 0.3) is 44.7 Å². The molecule has 2 aromatic carbocycles. The van der Waals surface area contributed by atoms with Gasteiger partial charge < -0.3 is 39.7 Å². The van der Waals surface area contributed by atoms with Crippen molar-refractivity contribution >= 4 is 41.0 Å². The summed E-state index contributed by atoms with van der Waals surface area (Å²) < 4.78 is 7.16. The highest BCUT2D eigenvalue weighted by molar-refractivity contribution is 6.24. The van der Waals surface area contributed by atoms with Crippen LogP contribution in [0.4, 0.5) is 4.79 Å². The molecule has 0 radical (unpaired) electrons. The number of fused-ring (bicyclic) bond motifs is 5. The maximum atomic E-state index is 13.8. The molecular weight excluding hydrogens is 799 g/mol. The molecular formula is C48H57N9O6. The molecule has 9 rings (SSSR count). The zero-order chi connectivity index (χ0) is 44.3. The third-order valence-electron chi connectivity index (χ3n) is 13.8. The number of nitrogens with one attached hydrogen (secondary N) is 4. The Labute approximate surface area is 366 Å². The maximum Gasteiger partial charge on any atom is 0.407 e. The molecule has 15 nitrogen and oxygen atoms in total. The molecule has 3 fully saturated rings. The van der Waals surface area contributed by atoms with E-state index in [0.29, 0.717) is 30.7 Å². The quantitative estimate of drug-likeness (QED) is 0.0786. The summed E-state index contributed by atoms with van der Waals surface area (Å²) in [6.45, 7) is 8.70. The normalized spacial score (nSPS) is 20.5. The van der Waals surface area contributed by atoms with Crippen LogP contribution in [0.5, 0.6) is 0 Å². The largest absolute Gasteiger partial charge is 0.453 e. The molecule has 2 aliphatic carbocycles. The van der Waals surface area contributed by atoms with Crippen molar-refractivity contribution in [2.45, 2.75) is 103 Å². The first-order valence-electron chi connectivity index (χ1n) is 22.4. The van der Waals surface area contributed by atoms with Gasteiger partial charge in [-0.25, -0.2) is 14.8 Å². The lowest BCUT2D eigenvalue weighted by Crippen LogP contribution is -2.51. The maximum absolute atomic E-state index is 13.8. The highest BCUT2D eigenvalue weighted by atomic mass is 16.5. The van der Waals surface area contributed by atoms with Crippen LogP contribution < -0.4 is 10.6 Å². The number of hydrogen-bond acceptors (Lipinski definition) is 8. The number of imidazole rings is 2. The van der Waals surface area contributed by atoms with E-state index >= 15 is 0 Å². The molecule has 2 aliphatic heterocycles. The van der Waals surface area contributed by atoms with E-state index in [1.165, 1.54) is 53.2 Å². The fourth-order valence-electron chi connectivity index (χ4n) is 10.4. The number of H-pyrrole nitrogens is 2. The molecule has 4 amide bonds. The summed E-state index contributed by atoms with van der Waals surface area (Å²) in [5, 5.41) is 6.57. The van der Waals surface area contributed by atoms with Gasteiger partial charge in [0.25, 0.3) is 5.91 Å². The number of alkyl carbamates (subject to hydrolysis) is 1. The van der Waals surface area contributed by atoms with Crippen LogP contribution in [0.15, 0.2) is 48.8 Å². The van der Waals surface area contributed by atoms with Crippen molar-refractivity contribution < 1.29 is 28.7 Å². The first kappa shape index (κ1) is 42.1. The molecule has 2 saturated heterocycles. The monoisotopic (exact) mass is 855 g/mol. The lowest BCUT2D eigenvalue weighted by atomic mass is 9.78. The molecule has 1 saturated carbocycles. The van der Waals surface area contributed by atoms with Crippen molar-refractivity contribution in [2.24, 2.45) is 24.8 Å². The Balaban J connectivity index is 0.988. The summed E-state index contributed by atoms with van der Waals surface area (Å²) in [5.74, 6) is 1.00. The number of ether oxygens (including phenoxy) is 1. The number of hydrogen-bond donors (Lipinski definition) is 4. The van der Waals surface area contributed by atoms with Gasteiger partial charge >= 0.3 is 6.09 Å². The van der Waals surface area contributed by atoms with Gasteiger partial charge in [0.2, 0.25) is 18.1 Å². The van der Waals surface area contributed by atoms with Crippen LogP contribution in [-0.4, -0.2) is 96.7 Å². The minimum Gasteiger partial charge on any atom is -0.453 e. The van der Waals surface area contributed by atoms with Gasteiger partial charge in [0.1, 0.15) is 23.7 Å². The Morgan fingerprint density at radius 1 is 0.794 bits per heavy atom. The molecule has 3 unspecified atom stereocenters. The first-order valence-corrected chi connectivity index (χ1v) is 22.4. The van der Waals surface area contributed by atoms with Crippen LogP contribution in [0.1, 0.15) is 107 Å². The Hall–Kier alpha value is -6.25. The number of nitrogens with zero attached hydrogens (tertiary/aromatic N) is 5. The zero-order valence-corrected chi connectivity index (χ0v) is 36.9. The summed E-state index contributed by atoms with van der Waals surface area (Å²) in [6, 6.07) is 11.4. The number of aldehydes is 1. The highest BCUT2D eigenvalue weighted by Crippen LogP contribution is 2.54. The van der Waals surface area contributed by atoms with Gasteiger partial charge in [-0.2, -0.15) is 0 Å². The second kappa shape index (κ2) is 16.8. The number of benzene rings is 2. The van der Waals surface area contributed by atoms with Crippen LogP contribution >= 0.6 is 0 Å². The van der Waals surface area contributed by atoms with Gasteiger partial charge in [-0.1, -0.05) is 45.9 Å². The van der Waals surface area contributed by atoms with Crippen molar-refractivity contribution in [1.29, 1.82) is 0 Å². The van der Waals surface area contributed by atoms with E-state index in [9.17, 15) is 24.0 Å². The molecule has 15 heteroatoms. The molecule has 0 spiro atoms. The number of methoxy groups -OCH3 is 1. The fourth-order valence-corrected chi connectivity index (χ4v) is 10.4. The van der Waals surface area contributed by atoms with Crippen molar-refractivity contribution in [3.05, 3.63) is 71.6 Å². The average Bonchev–Trinajstić information content (AvgIpc) is 3.83. The molecule has 5 heterocycles. The molecule has 4 aliphatic rings. The van der Waals surface area contributed by atoms with Crippen molar-refractivity contribution in [3.63, 3.8) is 0 Å². The topological polar surface area (TPSA) is 187 Å². The number of carbonyl (C=O) groups excluding carboxylic acids is 5. The van der Waals surface area contributed by atoms with Crippen LogP contribution in [-0.2, 0) is 37.4 Å². The van der Waals surface area contributed by atoms with E-state index in [2.05, 4.69) is 68.6 Å². The second-order valence-electron chi connectivity index (χ2n) is 18.5. The molecule has 63 heavy (non-hydrogen) atoms. The van der Waals surface area contributed by atoms with Gasteiger partial charge in [0.15, 0.2) is 0 Å². The minimum atomic E-state index is -0.796. The number of aryl methyl sites for hydroxylation is 1. The van der Waals surface area contributed by atoms with Gasteiger partial charge in [0.05, 0.1) is 48.7 Å². The van der Waals surface area contributed by atoms with Crippen LogP contribution in [0.3, 0.4) is 0 Å². The van der Waals surface area contributed by atoms with Gasteiger partial charge in [-0.3, -0.25) is 19.2 Å². The van der Waals surface area contributed by atoms with E-state index in [1.807, 2.05) is 45.0 Å². The lowest BCUT2D eigenvalue weighted by molar-refractivity contribution is -0.140. The number of aromatic nitrogens is 5. The predicted molar refractivity (Wildman–Crippen MR) is 237 cm³/mol. The standard InChI is InChI=1S/C48H57N9O6/c1-25(2)41(53-39(59)24-58)46(60)56-17-7-9-37(56)44-49-22-34(51-44)28-13-15-31-30(19-28)21-32(27-11-12-27)40-33-20-29(14-16-36(33)55(5)43(31)40)35-23-50-45(52-35)38-10-8-18-57(38)47(61)42(26(3)4)54-48(62)63-6/h13-16,19-20,22-27,32,37-38,41-42H,7-12,17-18,21H2,1-6H3,(H,49,51)(H,50,52)(H,53,59)(H,54,62)/t32?,37?,38-,41-,42?/m0/s1. The summed E-state index contributed by atoms with van der Waals surface area (Å²) in [4.78, 5) is 83.0. The second-order valence-corrected chi connectivity index (χ2v) is 18.5. The highest BCUT2D eigenvalue weighted by Gasteiger charge is 2.41. The molecule has 330 valence electrons. The van der Waals surface area contributed by atoms with Gasteiger partial charge in [0, 0.05) is 42.2 Å².